The number of aromatic amines is 1. The second-order valence-corrected chi connectivity index (χ2v) is 8.12. The number of aryl methyl sites for hydroxylation is 2. The molecule has 0 saturated carbocycles. The van der Waals surface area contributed by atoms with E-state index in [2.05, 4.69) is 25.7 Å². The zero-order valence-corrected chi connectivity index (χ0v) is 18.8. The van der Waals surface area contributed by atoms with Gasteiger partial charge in [0, 0.05) is 21.8 Å². The quantitative estimate of drug-likeness (QED) is 0.386. The second kappa shape index (κ2) is 9.69. The molecule has 0 bridgehead atoms. The Bertz CT molecular complexity index is 1200. The number of benzene rings is 2. The summed E-state index contributed by atoms with van der Waals surface area (Å²) in [6, 6.07) is 15.0. The maximum absolute atomic E-state index is 12.9. The highest BCUT2D eigenvalue weighted by Gasteiger charge is 2.15. The van der Waals surface area contributed by atoms with Crippen LogP contribution < -0.4 is 10.1 Å². The molecule has 2 aromatic heterocycles. The summed E-state index contributed by atoms with van der Waals surface area (Å²) in [4.78, 5) is 18.2. The number of amides is 1. The average molecular weight is 450 g/mol. The minimum absolute atomic E-state index is 0.172. The van der Waals surface area contributed by atoms with Crippen LogP contribution in [-0.2, 0) is 12.3 Å². The number of carbonyl (C=O) groups is 1. The topological polar surface area (TPSA) is 106 Å². The van der Waals surface area contributed by atoms with Crippen LogP contribution in [0.3, 0.4) is 0 Å². The maximum Gasteiger partial charge on any atom is 0.252 e. The number of ether oxygens (including phenoxy) is 1. The first-order chi connectivity index (χ1) is 15.5. The molecule has 1 amide bonds. The van der Waals surface area contributed by atoms with Gasteiger partial charge in [0.25, 0.3) is 5.91 Å². The molecule has 4 aromatic rings. The van der Waals surface area contributed by atoms with E-state index in [1.807, 2.05) is 62.4 Å². The van der Waals surface area contributed by atoms with E-state index in [0.717, 1.165) is 33.2 Å². The van der Waals surface area contributed by atoms with Gasteiger partial charge in [0.15, 0.2) is 5.82 Å². The fourth-order valence-electron chi connectivity index (χ4n) is 3.14. The van der Waals surface area contributed by atoms with Crippen molar-refractivity contribution in [2.75, 3.05) is 7.11 Å². The number of carbonyl (C=O) groups excluding carboxylic acids is 1. The first-order valence-electron chi connectivity index (χ1n) is 10.0. The molecule has 0 saturated heterocycles. The highest BCUT2D eigenvalue weighted by molar-refractivity contribution is 7.98. The zero-order chi connectivity index (χ0) is 22.5. The molecule has 0 radical (unpaired) electrons. The second-order valence-electron chi connectivity index (χ2n) is 7.10. The van der Waals surface area contributed by atoms with E-state index in [4.69, 9.17) is 9.26 Å². The van der Waals surface area contributed by atoms with Crippen LogP contribution in [-0.4, -0.2) is 33.4 Å². The Hall–Kier alpha value is -3.59. The molecule has 0 spiro atoms. The normalized spacial score (nSPS) is 10.8. The summed E-state index contributed by atoms with van der Waals surface area (Å²) in [5, 5.41) is 14.0. The summed E-state index contributed by atoms with van der Waals surface area (Å²) in [6.45, 7) is 4.06. The van der Waals surface area contributed by atoms with Crippen LogP contribution >= 0.6 is 11.8 Å². The molecule has 164 valence electrons. The molecular formula is C23H23N5O3S. The zero-order valence-electron chi connectivity index (χ0n) is 18.0. The monoisotopic (exact) mass is 449 g/mol. The van der Waals surface area contributed by atoms with E-state index in [9.17, 15) is 4.79 Å². The smallest absolute Gasteiger partial charge is 0.252 e. The molecule has 0 aliphatic carbocycles. The first kappa shape index (κ1) is 21.6. The third kappa shape index (κ3) is 4.83. The van der Waals surface area contributed by atoms with Crippen LogP contribution in [0.4, 0.5) is 0 Å². The van der Waals surface area contributed by atoms with E-state index in [-0.39, 0.29) is 12.5 Å². The Balaban J connectivity index is 1.40. The van der Waals surface area contributed by atoms with Crippen LogP contribution in [0, 0.1) is 13.8 Å². The summed E-state index contributed by atoms with van der Waals surface area (Å²) in [5.74, 6) is 3.21. The van der Waals surface area contributed by atoms with Gasteiger partial charge in [0.05, 0.1) is 24.9 Å². The van der Waals surface area contributed by atoms with Crippen LogP contribution in [0.2, 0.25) is 0 Å². The van der Waals surface area contributed by atoms with Crippen molar-refractivity contribution in [3.8, 4) is 17.1 Å². The van der Waals surface area contributed by atoms with Crippen molar-refractivity contribution in [1.82, 2.24) is 25.7 Å². The number of nitrogens with zero attached hydrogens (tertiary/aromatic N) is 3. The van der Waals surface area contributed by atoms with Gasteiger partial charge in [-0.1, -0.05) is 17.3 Å². The van der Waals surface area contributed by atoms with Crippen LogP contribution in [0.15, 0.2) is 57.9 Å². The lowest BCUT2D eigenvalue weighted by Crippen LogP contribution is -2.24. The molecule has 0 fully saturated rings. The molecule has 0 unspecified atom stereocenters. The summed E-state index contributed by atoms with van der Waals surface area (Å²) in [6.07, 6.45) is 0. The SMILES string of the molecule is COc1ccc(-c2n[nH]c(CNC(=O)c3ccccc3SCc3c(C)noc3C)n2)cc1. The van der Waals surface area contributed by atoms with Gasteiger partial charge in [0.2, 0.25) is 0 Å². The predicted molar refractivity (Wildman–Crippen MR) is 122 cm³/mol. The molecule has 0 aliphatic heterocycles. The minimum Gasteiger partial charge on any atom is -0.497 e. The van der Waals surface area contributed by atoms with Crippen LogP contribution in [0.1, 0.15) is 33.2 Å². The van der Waals surface area contributed by atoms with Crippen LogP contribution in [0.5, 0.6) is 5.75 Å². The van der Waals surface area contributed by atoms with Crippen molar-refractivity contribution in [2.24, 2.45) is 0 Å². The Morgan fingerprint density at radius 3 is 2.66 bits per heavy atom. The summed E-state index contributed by atoms with van der Waals surface area (Å²) < 4.78 is 10.4. The van der Waals surface area contributed by atoms with Gasteiger partial charge >= 0.3 is 0 Å². The molecule has 4 rings (SSSR count). The summed E-state index contributed by atoms with van der Waals surface area (Å²) in [7, 11) is 1.62. The molecule has 0 atom stereocenters. The standard InChI is InChI=1S/C23H23N5O3S/c1-14-19(15(2)31-28-14)13-32-20-7-5-4-6-18(20)23(29)24-12-21-25-22(27-26-21)16-8-10-17(30-3)11-9-16/h4-11H,12-13H2,1-3H3,(H,24,29)(H,25,26,27). The van der Waals surface area contributed by atoms with Crippen LogP contribution in [0.25, 0.3) is 11.4 Å². The van der Waals surface area contributed by atoms with Gasteiger partial charge < -0.3 is 14.6 Å². The lowest BCUT2D eigenvalue weighted by atomic mass is 10.2. The van der Waals surface area contributed by atoms with Crippen molar-refractivity contribution in [1.29, 1.82) is 0 Å². The third-order valence-corrected chi connectivity index (χ3v) is 6.08. The number of aromatic nitrogens is 4. The number of nitrogens with one attached hydrogen (secondary N) is 2. The van der Waals surface area contributed by atoms with E-state index >= 15 is 0 Å². The Morgan fingerprint density at radius 2 is 1.94 bits per heavy atom. The summed E-state index contributed by atoms with van der Waals surface area (Å²) in [5.41, 5.74) is 3.40. The van der Waals surface area contributed by atoms with Crippen molar-refractivity contribution in [2.45, 2.75) is 31.0 Å². The molecule has 0 aliphatic rings. The molecule has 9 heteroatoms. The summed E-state index contributed by atoms with van der Waals surface area (Å²) >= 11 is 1.58. The fraction of sp³-hybridized carbons (Fsp3) is 0.217. The van der Waals surface area contributed by atoms with Gasteiger partial charge in [-0.25, -0.2) is 4.98 Å². The molecular weight excluding hydrogens is 426 g/mol. The van der Waals surface area contributed by atoms with Gasteiger partial charge in [-0.05, 0) is 50.2 Å². The van der Waals surface area contributed by atoms with Crippen molar-refractivity contribution < 1.29 is 14.1 Å². The first-order valence-corrected chi connectivity index (χ1v) is 11.0. The molecule has 8 nitrogen and oxygen atoms in total. The third-order valence-electron chi connectivity index (χ3n) is 4.98. The minimum atomic E-state index is -0.172. The Morgan fingerprint density at radius 1 is 1.16 bits per heavy atom. The van der Waals surface area contributed by atoms with Gasteiger partial charge in [-0.15, -0.1) is 11.8 Å². The van der Waals surface area contributed by atoms with Crippen molar-refractivity contribution in [3.63, 3.8) is 0 Å². The lowest BCUT2D eigenvalue weighted by molar-refractivity contribution is 0.0947. The Kier molecular flexibility index (Phi) is 6.55. The van der Waals surface area contributed by atoms with E-state index in [0.29, 0.717) is 23.0 Å². The Labute approximate surface area is 189 Å². The average Bonchev–Trinajstić information content (AvgIpc) is 3.43. The van der Waals surface area contributed by atoms with E-state index < -0.39 is 0 Å². The number of hydrogen-bond donors (Lipinski definition) is 2. The highest BCUT2D eigenvalue weighted by atomic mass is 32.2. The van der Waals surface area contributed by atoms with Crippen molar-refractivity contribution in [3.05, 3.63) is 76.9 Å². The number of hydrogen-bond acceptors (Lipinski definition) is 7. The highest BCUT2D eigenvalue weighted by Crippen LogP contribution is 2.29. The largest absolute Gasteiger partial charge is 0.497 e. The predicted octanol–water partition coefficient (Wildman–Crippen LogP) is 4.31. The number of rotatable bonds is 8. The number of thioether (sulfide) groups is 1. The van der Waals surface area contributed by atoms with E-state index in [1.54, 1.807) is 18.9 Å². The van der Waals surface area contributed by atoms with Crippen molar-refractivity contribution >= 4 is 17.7 Å². The van der Waals surface area contributed by atoms with Gasteiger partial charge in [0.1, 0.15) is 17.3 Å². The van der Waals surface area contributed by atoms with Gasteiger partial charge in [-0.3, -0.25) is 9.89 Å². The number of methoxy groups -OCH3 is 1. The molecule has 2 heterocycles. The molecule has 2 aromatic carbocycles. The maximum atomic E-state index is 12.9. The van der Waals surface area contributed by atoms with E-state index in [1.165, 1.54) is 0 Å². The lowest BCUT2D eigenvalue weighted by Gasteiger charge is -2.09. The molecule has 2 N–H and O–H groups in total. The number of H-pyrrole nitrogens is 1. The fourth-order valence-corrected chi connectivity index (χ4v) is 4.34. The molecule has 32 heavy (non-hydrogen) atoms. The van der Waals surface area contributed by atoms with Gasteiger partial charge in [-0.2, -0.15) is 5.10 Å².